The molecule has 0 bridgehead atoms. The molecule has 1 aromatic rings. The number of rotatable bonds is 2. The molecule has 0 N–H and O–H groups in total. The van der Waals surface area contributed by atoms with Gasteiger partial charge in [-0.25, -0.2) is 0 Å². The minimum Gasteiger partial charge on any atom is -0.303 e. The van der Waals surface area contributed by atoms with Gasteiger partial charge in [0.25, 0.3) is 5.69 Å². The summed E-state index contributed by atoms with van der Waals surface area (Å²) in [7, 11) is 0. The molecule has 0 atom stereocenters. The van der Waals surface area contributed by atoms with Crippen molar-refractivity contribution >= 4 is 23.1 Å². The number of amides is 1. The van der Waals surface area contributed by atoms with E-state index in [2.05, 4.69) is 0 Å². The Balaban J connectivity index is 2.46. The number of ketones is 1. The van der Waals surface area contributed by atoms with Crippen LogP contribution in [-0.2, 0) is 9.59 Å². The van der Waals surface area contributed by atoms with Crippen LogP contribution < -0.4 is 4.90 Å². The lowest BCUT2D eigenvalue weighted by molar-refractivity contribution is -0.384. The zero-order chi connectivity index (χ0) is 13.3. The summed E-state index contributed by atoms with van der Waals surface area (Å²) in [6.45, 7) is -0.0919. The molecule has 1 aliphatic heterocycles. The Morgan fingerprint density at radius 3 is 2.61 bits per heavy atom. The number of hydrogen-bond donors (Lipinski definition) is 0. The predicted molar refractivity (Wildman–Crippen MR) is 59.8 cm³/mol. The first kappa shape index (κ1) is 11.7. The second-order valence-corrected chi connectivity index (χ2v) is 3.77. The average Bonchev–Trinajstić information content (AvgIpc) is 2.67. The number of anilines is 1. The van der Waals surface area contributed by atoms with Crippen molar-refractivity contribution in [2.45, 2.75) is 6.42 Å². The summed E-state index contributed by atoms with van der Waals surface area (Å²) >= 11 is 0. The minimum atomic E-state index is -0.623. The molecule has 1 amide bonds. The van der Waals surface area contributed by atoms with E-state index in [1.807, 2.05) is 0 Å². The van der Waals surface area contributed by atoms with Gasteiger partial charge in [0.2, 0.25) is 5.91 Å². The summed E-state index contributed by atoms with van der Waals surface area (Å²) in [6.07, 6.45) is -0.193. The smallest absolute Gasteiger partial charge is 0.270 e. The fraction of sp³-hybridized carbons (Fsp3) is 0.182. The zero-order valence-electron chi connectivity index (χ0n) is 9.12. The van der Waals surface area contributed by atoms with Crippen molar-refractivity contribution in [3.05, 3.63) is 33.9 Å². The van der Waals surface area contributed by atoms with E-state index in [-0.39, 0.29) is 35.7 Å². The number of carbonyl (C=O) groups excluding carboxylic acids is 2. The van der Waals surface area contributed by atoms with Gasteiger partial charge >= 0.3 is 0 Å². The lowest BCUT2D eigenvalue weighted by atomic mass is 10.1. The van der Waals surface area contributed by atoms with Crippen LogP contribution in [0.4, 0.5) is 11.4 Å². The normalized spacial score (nSPS) is 14.7. The summed E-state index contributed by atoms with van der Waals surface area (Å²) in [5, 5.41) is 19.5. The molecular weight excluding hydrogens is 238 g/mol. The van der Waals surface area contributed by atoms with Crippen LogP contribution in [0, 0.1) is 21.4 Å². The topological polar surface area (TPSA) is 104 Å². The Morgan fingerprint density at radius 1 is 1.39 bits per heavy atom. The number of benzene rings is 1. The highest BCUT2D eigenvalue weighted by atomic mass is 16.6. The summed E-state index contributed by atoms with van der Waals surface area (Å²) in [6, 6.07) is 5.40. The minimum absolute atomic E-state index is 0.00671. The Labute approximate surface area is 101 Å². The Morgan fingerprint density at radius 2 is 2.11 bits per heavy atom. The molecule has 18 heavy (non-hydrogen) atoms. The van der Waals surface area contributed by atoms with Gasteiger partial charge in [0.05, 0.1) is 29.1 Å². The molecule has 90 valence electrons. The molecule has 7 nitrogen and oxygen atoms in total. The van der Waals surface area contributed by atoms with Gasteiger partial charge in [-0.2, -0.15) is 5.26 Å². The highest BCUT2D eigenvalue weighted by Crippen LogP contribution is 2.27. The summed E-state index contributed by atoms with van der Waals surface area (Å²) in [5.74, 6) is -0.632. The van der Waals surface area contributed by atoms with Crippen LogP contribution in [-0.4, -0.2) is 23.2 Å². The SMILES string of the molecule is N#Cc1cc([N+](=O)[O-])ccc1N1CC(=O)CC1=O. The van der Waals surface area contributed by atoms with E-state index >= 15 is 0 Å². The highest BCUT2D eigenvalue weighted by molar-refractivity contribution is 6.15. The fourth-order valence-electron chi connectivity index (χ4n) is 1.77. The van der Waals surface area contributed by atoms with Crippen LogP contribution >= 0.6 is 0 Å². The number of nitriles is 1. The van der Waals surface area contributed by atoms with Gasteiger partial charge in [0.1, 0.15) is 6.07 Å². The van der Waals surface area contributed by atoms with E-state index in [1.54, 1.807) is 6.07 Å². The standard InChI is InChI=1S/C11H7N3O4/c12-5-7-3-8(14(17)18)1-2-10(7)13-6-9(15)4-11(13)16/h1-3H,4,6H2. The molecule has 0 spiro atoms. The first-order chi connectivity index (χ1) is 8.52. The van der Waals surface area contributed by atoms with E-state index in [4.69, 9.17) is 5.26 Å². The van der Waals surface area contributed by atoms with Crippen LogP contribution in [0.3, 0.4) is 0 Å². The second kappa shape index (κ2) is 4.25. The molecule has 0 unspecified atom stereocenters. The lowest BCUT2D eigenvalue weighted by Crippen LogP contribution is -2.25. The van der Waals surface area contributed by atoms with Crippen molar-refractivity contribution in [1.82, 2.24) is 0 Å². The van der Waals surface area contributed by atoms with Gasteiger partial charge in [-0.15, -0.1) is 0 Å². The number of Topliss-reactive ketones (excluding diaryl/α,β-unsaturated/α-hetero) is 1. The van der Waals surface area contributed by atoms with Crippen molar-refractivity contribution in [2.75, 3.05) is 11.4 Å². The third kappa shape index (κ3) is 1.91. The molecule has 1 fully saturated rings. The van der Waals surface area contributed by atoms with Gasteiger partial charge in [-0.05, 0) is 6.07 Å². The van der Waals surface area contributed by atoms with Crippen molar-refractivity contribution < 1.29 is 14.5 Å². The molecule has 0 saturated carbocycles. The van der Waals surface area contributed by atoms with Crippen molar-refractivity contribution in [3.63, 3.8) is 0 Å². The molecule has 1 heterocycles. The Kier molecular flexibility index (Phi) is 2.77. The number of non-ortho nitro benzene ring substituents is 1. The molecule has 7 heteroatoms. The summed E-state index contributed by atoms with van der Waals surface area (Å²) in [4.78, 5) is 33.8. The summed E-state index contributed by atoms with van der Waals surface area (Å²) < 4.78 is 0. The quantitative estimate of drug-likeness (QED) is 0.434. The van der Waals surface area contributed by atoms with Crippen LogP contribution in [0.2, 0.25) is 0 Å². The van der Waals surface area contributed by atoms with Gasteiger partial charge in [0, 0.05) is 12.1 Å². The van der Waals surface area contributed by atoms with E-state index < -0.39 is 10.8 Å². The van der Waals surface area contributed by atoms with Crippen LogP contribution in [0.25, 0.3) is 0 Å². The molecular formula is C11H7N3O4. The molecule has 0 radical (unpaired) electrons. The summed E-state index contributed by atoms with van der Waals surface area (Å²) in [5.41, 5.74) is 0.0134. The van der Waals surface area contributed by atoms with E-state index in [1.165, 1.54) is 17.0 Å². The Hall–Kier alpha value is -2.75. The Bertz CT molecular complexity index is 603. The molecule has 1 aliphatic rings. The zero-order valence-corrected chi connectivity index (χ0v) is 9.12. The monoisotopic (exact) mass is 245 g/mol. The third-order valence-electron chi connectivity index (χ3n) is 2.59. The van der Waals surface area contributed by atoms with Crippen LogP contribution in [0.1, 0.15) is 12.0 Å². The first-order valence-corrected chi connectivity index (χ1v) is 5.03. The number of nitro groups is 1. The van der Waals surface area contributed by atoms with Gasteiger partial charge in [0.15, 0.2) is 5.78 Å². The number of nitro benzene ring substituents is 1. The molecule has 0 aliphatic carbocycles. The highest BCUT2D eigenvalue weighted by Gasteiger charge is 2.30. The number of nitrogens with zero attached hydrogens (tertiary/aromatic N) is 3. The molecule has 1 aromatic carbocycles. The van der Waals surface area contributed by atoms with Crippen molar-refractivity contribution in [1.29, 1.82) is 5.26 Å². The number of hydrogen-bond acceptors (Lipinski definition) is 5. The second-order valence-electron chi connectivity index (χ2n) is 3.77. The fourth-order valence-corrected chi connectivity index (χ4v) is 1.77. The van der Waals surface area contributed by atoms with Gasteiger partial charge in [-0.1, -0.05) is 0 Å². The van der Waals surface area contributed by atoms with E-state index in [0.29, 0.717) is 0 Å². The maximum Gasteiger partial charge on any atom is 0.270 e. The first-order valence-electron chi connectivity index (χ1n) is 5.03. The number of carbonyl (C=O) groups is 2. The lowest BCUT2D eigenvalue weighted by Gasteiger charge is -2.15. The third-order valence-corrected chi connectivity index (χ3v) is 2.59. The van der Waals surface area contributed by atoms with Crippen LogP contribution in [0.15, 0.2) is 18.2 Å². The van der Waals surface area contributed by atoms with Crippen molar-refractivity contribution in [3.8, 4) is 6.07 Å². The van der Waals surface area contributed by atoms with Gasteiger partial charge in [-0.3, -0.25) is 19.7 Å². The largest absolute Gasteiger partial charge is 0.303 e. The van der Waals surface area contributed by atoms with Crippen molar-refractivity contribution in [2.24, 2.45) is 0 Å². The van der Waals surface area contributed by atoms with Gasteiger partial charge < -0.3 is 4.90 Å². The van der Waals surface area contributed by atoms with E-state index in [9.17, 15) is 19.7 Å². The predicted octanol–water partition coefficient (Wildman–Crippen LogP) is 0.772. The molecule has 1 saturated heterocycles. The van der Waals surface area contributed by atoms with Crippen LogP contribution in [0.5, 0.6) is 0 Å². The molecule has 2 rings (SSSR count). The molecule has 0 aromatic heterocycles. The van der Waals surface area contributed by atoms with E-state index in [0.717, 1.165) is 6.07 Å². The maximum atomic E-state index is 11.5. The average molecular weight is 245 g/mol. The maximum absolute atomic E-state index is 11.5.